The fraction of sp³-hybridized carbons (Fsp3) is 0.263. The standard InChI is InChI=1S/C19H22N4O/c1-3-20-11-12-21-19(24)15-9-10-18-17(13-15)22-14(2)23(18)16-7-5-4-6-8-16/h4-10,13,20H,3,11-12H2,1-2H3,(H,21,24). The van der Waals surface area contributed by atoms with Gasteiger partial charge in [0.1, 0.15) is 5.82 Å². The van der Waals surface area contributed by atoms with Crippen LogP contribution < -0.4 is 10.6 Å². The molecule has 0 radical (unpaired) electrons. The van der Waals surface area contributed by atoms with Crippen molar-refractivity contribution in [2.24, 2.45) is 0 Å². The number of hydrogen-bond acceptors (Lipinski definition) is 3. The average molecular weight is 322 g/mol. The number of nitrogens with zero attached hydrogens (tertiary/aromatic N) is 2. The van der Waals surface area contributed by atoms with Gasteiger partial charge < -0.3 is 10.6 Å². The van der Waals surface area contributed by atoms with E-state index in [-0.39, 0.29) is 5.91 Å². The van der Waals surface area contributed by atoms with E-state index < -0.39 is 0 Å². The van der Waals surface area contributed by atoms with Crippen LogP contribution >= 0.6 is 0 Å². The second-order valence-electron chi connectivity index (χ2n) is 5.64. The average Bonchev–Trinajstić information content (AvgIpc) is 2.94. The summed E-state index contributed by atoms with van der Waals surface area (Å²) in [5, 5.41) is 6.10. The summed E-state index contributed by atoms with van der Waals surface area (Å²) < 4.78 is 2.10. The SMILES string of the molecule is CCNCCNC(=O)c1ccc2c(c1)nc(C)n2-c1ccccc1. The number of nitrogens with one attached hydrogen (secondary N) is 2. The lowest BCUT2D eigenvalue weighted by atomic mass is 10.2. The molecule has 5 nitrogen and oxygen atoms in total. The first-order chi connectivity index (χ1) is 11.7. The fourth-order valence-corrected chi connectivity index (χ4v) is 2.79. The van der Waals surface area contributed by atoms with E-state index in [0.717, 1.165) is 35.6 Å². The number of aryl methyl sites for hydroxylation is 1. The summed E-state index contributed by atoms with van der Waals surface area (Å²) in [6.45, 7) is 6.30. The van der Waals surface area contributed by atoms with Crippen LogP contribution in [-0.2, 0) is 0 Å². The minimum atomic E-state index is -0.0679. The molecule has 1 amide bonds. The highest BCUT2D eigenvalue weighted by atomic mass is 16.1. The number of amides is 1. The largest absolute Gasteiger partial charge is 0.351 e. The molecular formula is C19H22N4O. The van der Waals surface area contributed by atoms with Gasteiger partial charge >= 0.3 is 0 Å². The van der Waals surface area contributed by atoms with Gasteiger partial charge in [0.15, 0.2) is 0 Å². The summed E-state index contributed by atoms with van der Waals surface area (Å²) in [7, 11) is 0. The first kappa shape index (κ1) is 16.2. The maximum Gasteiger partial charge on any atom is 0.251 e. The molecule has 24 heavy (non-hydrogen) atoms. The zero-order chi connectivity index (χ0) is 16.9. The number of carbonyl (C=O) groups is 1. The number of hydrogen-bond donors (Lipinski definition) is 2. The molecule has 5 heteroatoms. The number of fused-ring (bicyclic) bond motifs is 1. The molecule has 0 aliphatic carbocycles. The molecule has 0 spiro atoms. The van der Waals surface area contributed by atoms with E-state index in [1.807, 2.05) is 50.2 Å². The lowest BCUT2D eigenvalue weighted by Gasteiger charge is -2.07. The molecule has 0 atom stereocenters. The second-order valence-corrected chi connectivity index (χ2v) is 5.64. The van der Waals surface area contributed by atoms with E-state index >= 15 is 0 Å². The topological polar surface area (TPSA) is 58.9 Å². The molecule has 3 rings (SSSR count). The fourth-order valence-electron chi connectivity index (χ4n) is 2.79. The van der Waals surface area contributed by atoms with E-state index in [9.17, 15) is 4.79 Å². The molecule has 0 unspecified atom stereocenters. The molecule has 0 aliphatic rings. The van der Waals surface area contributed by atoms with Crippen LogP contribution in [0.4, 0.5) is 0 Å². The van der Waals surface area contributed by atoms with Gasteiger partial charge in [-0.05, 0) is 43.8 Å². The highest BCUT2D eigenvalue weighted by Crippen LogP contribution is 2.22. The van der Waals surface area contributed by atoms with Gasteiger partial charge in [-0.15, -0.1) is 0 Å². The van der Waals surface area contributed by atoms with Crippen LogP contribution in [0.3, 0.4) is 0 Å². The molecule has 0 saturated heterocycles. The lowest BCUT2D eigenvalue weighted by Crippen LogP contribution is -2.31. The van der Waals surface area contributed by atoms with Crippen molar-refractivity contribution in [3.05, 3.63) is 59.9 Å². The third-order valence-electron chi connectivity index (χ3n) is 3.94. The van der Waals surface area contributed by atoms with Crippen LogP contribution in [0.5, 0.6) is 0 Å². The monoisotopic (exact) mass is 322 g/mol. The molecule has 3 aromatic rings. The van der Waals surface area contributed by atoms with Crippen molar-refractivity contribution in [1.29, 1.82) is 0 Å². The normalized spacial score (nSPS) is 10.9. The number of imidazole rings is 1. The van der Waals surface area contributed by atoms with Gasteiger partial charge in [0.2, 0.25) is 0 Å². The highest BCUT2D eigenvalue weighted by Gasteiger charge is 2.12. The predicted octanol–water partition coefficient (Wildman–Crippen LogP) is 2.67. The van der Waals surface area contributed by atoms with E-state index in [1.165, 1.54) is 0 Å². The minimum Gasteiger partial charge on any atom is -0.351 e. The smallest absolute Gasteiger partial charge is 0.251 e. The minimum absolute atomic E-state index is 0.0679. The molecule has 0 aliphatic heterocycles. The Hall–Kier alpha value is -2.66. The second kappa shape index (κ2) is 7.27. The van der Waals surface area contributed by atoms with Crippen LogP contribution in [-0.4, -0.2) is 35.1 Å². The lowest BCUT2D eigenvalue weighted by molar-refractivity contribution is 0.0954. The van der Waals surface area contributed by atoms with Crippen LogP contribution in [0.2, 0.25) is 0 Å². The summed E-state index contributed by atoms with van der Waals surface area (Å²) in [6, 6.07) is 15.8. The summed E-state index contributed by atoms with van der Waals surface area (Å²) in [4.78, 5) is 16.9. The maximum atomic E-state index is 12.2. The molecule has 0 saturated carbocycles. The van der Waals surface area contributed by atoms with Crippen molar-refractivity contribution >= 4 is 16.9 Å². The Morgan fingerprint density at radius 3 is 2.67 bits per heavy atom. The van der Waals surface area contributed by atoms with Gasteiger partial charge in [0, 0.05) is 24.3 Å². The molecule has 124 valence electrons. The van der Waals surface area contributed by atoms with Gasteiger partial charge in [-0.1, -0.05) is 25.1 Å². The third kappa shape index (κ3) is 3.31. The van der Waals surface area contributed by atoms with Crippen molar-refractivity contribution < 1.29 is 4.79 Å². The molecule has 0 bridgehead atoms. The van der Waals surface area contributed by atoms with Crippen LogP contribution in [0.25, 0.3) is 16.7 Å². The van der Waals surface area contributed by atoms with E-state index in [4.69, 9.17) is 0 Å². The summed E-state index contributed by atoms with van der Waals surface area (Å²) in [6.07, 6.45) is 0. The molecule has 1 heterocycles. The van der Waals surface area contributed by atoms with Gasteiger partial charge in [-0.25, -0.2) is 4.98 Å². The van der Waals surface area contributed by atoms with Gasteiger partial charge in [0.25, 0.3) is 5.91 Å². The van der Waals surface area contributed by atoms with Gasteiger partial charge in [-0.3, -0.25) is 9.36 Å². The Kier molecular flexibility index (Phi) is 4.91. The Morgan fingerprint density at radius 1 is 1.12 bits per heavy atom. The van der Waals surface area contributed by atoms with E-state index in [1.54, 1.807) is 0 Å². The molecule has 2 aromatic carbocycles. The zero-order valence-corrected chi connectivity index (χ0v) is 14.0. The first-order valence-electron chi connectivity index (χ1n) is 8.24. The third-order valence-corrected chi connectivity index (χ3v) is 3.94. The Balaban J connectivity index is 1.86. The van der Waals surface area contributed by atoms with Crippen LogP contribution in [0.15, 0.2) is 48.5 Å². The maximum absolute atomic E-state index is 12.2. The number of rotatable bonds is 6. The molecule has 1 aromatic heterocycles. The summed E-state index contributed by atoms with van der Waals surface area (Å²) in [5.41, 5.74) is 3.54. The van der Waals surface area contributed by atoms with Crippen LogP contribution in [0.1, 0.15) is 23.1 Å². The number of benzene rings is 2. The molecular weight excluding hydrogens is 300 g/mol. The Bertz CT molecular complexity index is 839. The number of carbonyl (C=O) groups excluding carboxylic acids is 1. The summed E-state index contributed by atoms with van der Waals surface area (Å²) >= 11 is 0. The van der Waals surface area contributed by atoms with Crippen molar-refractivity contribution in [3.8, 4) is 5.69 Å². The van der Waals surface area contributed by atoms with Crippen LogP contribution in [0, 0.1) is 6.92 Å². The summed E-state index contributed by atoms with van der Waals surface area (Å²) in [5.74, 6) is 0.836. The predicted molar refractivity (Wildman–Crippen MR) is 96.7 cm³/mol. The van der Waals surface area contributed by atoms with E-state index in [2.05, 4.69) is 32.3 Å². The van der Waals surface area contributed by atoms with Crippen molar-refractivity contribution in [2.75, 3.05) is 19.6 Å². The van der Waals surface area contributed by atoms with Crippen molar-refractivity contribution in [3.63, 3.8) is 0 Å². The molecule has 0 fully saturated rings. The Morgan fingerprint density at radius 2 is 1.92 bits per heavy atom. The Labute approximate surface area is 141 Å². The number of likely N-dealkylation sites (N-methyl/N-ethyl adjacent to an activating group) is 1. The van der Waals surface area contributed by atoms with Crippen molar-refractivity contribution in [2.45, 2.75) is 13.8 Å². The molecule has 2 N–H and O–H groups in total. The van der Waals surface area contributed by atoms with Crippen molar-refractivity contribution in [1.82, 2.24) is 20.2 Å². The van der Waals surface area contributed by atoms with Gasteiger partial charge in [-0.2, -0.15) is 0 Å². The van der Waals surface area contributed by atoms with Gasteiger partial charge in [0.05, 0.1) is 11.0 Å². The van der Waals surface area contributed by atoms with E-state index in [0.29, 0.717) is 12.1 Å². The zero-order valence-electron chi connectivity index (χ0n) is 14.0. The first-order valence-corrected chi connectivity index (χ1v) is 8.24. The quantitative estimate of drug-likeness (QED) is 0.686. The number of aromatic nitrogens is 2. The highest BCUT2D eigenvalue weighted by molar-refractivity contribution is 5.97. The number of para-hydroxylation sites is 1.